The van der Waals surface area contributed by atoms with Crippen molar-refractivity contribution in [2.24, 2.45) is 0 Å². The number of nitrogens with zero attached hydrogens (tertiary/aromatic N) is 5. The highest BCUT2D eigenvalue weighted by Gasteiger charge is 2.05. The van der Waals surface area contributed by atoms with Gasteiger partial charge in [-0.15, -0.1) is 9.90 Å². The molecule has 0 aliphatic rings. The highest BCUT2D eigenvalue weighted by Crippen LogP contribution is 2.18. The van der Waals surface area contributed by atoms with Gasteiger partial charge in [0.15, 0.2) is 0 Å². The number of rotatable bonds is 2. The Bertz CT molecular complexity index is 356. The topological polar surface area (TPSA) is 65.7 Å². The number of hydrogen-bond acceptors (Lipinski definition) is 6. The van der Waals surface area contributed by atoms with E-state index in [-0.39, 0.29) is 0 Å². The molecule has 0 aliphatic heterocycles. The largest absolute Gasteiger partial charge is 0.472 e. The predicted octanol–water partition coefficient (Wildman–Crippen LogP) is 0.127. The lowest BCUT2D eigenvalue weighted by atomic mass is 11.0. The number of hydrogen-bond donors (Lipinski definition) is 0. The summed E-state index contributed by atoms with van der Waals surface area (Å²) >= 11 is 1.28. The second-order valence-corrected chi connectivity index (χ2v) is 2.79. The van der Waals surface area contributed by atoms with Gasteiger partial charge < -0.3 is 4.74 Å². The van der Waals surface area contributed by atoms with E-state index in [1.807, 2.05) is 0 Å². The summed E-state index contributed by atoms with van der Waals surface area (Å²) in [6.45, 7) is 0. The summed E-state index contributed by atoms with van der Waals surface area (Å²) in [6.07, 6.45) is 3.15. The molecule has 62 valence electrons. The lowest BCUT2D eigenvalue weighted by Crippen LogP contribution is -1.96. The van der Waals surface area contributed by atoms with Crippen molar-refractivity contribution in [3.63, 3.8) is 0 Å². The fourth-order valence-electron chi connectivity index (χ4n) is 0.680. The number of ether oxygens (including phenoxy) is 1. The third kappa shape index (κ3) is 1.14. The molecule has 0 saturated heterocycles. The van der Waals surface area contributed by atoms with Crippen LogP contribution >= 0.6 is 11.3 Å². The molecule has 0 radical (unpaired) electrons. The standard InChI is InChI=1S/C5H5N5OS/c1-11-5-9-8-4(12-5)10-6-2-3-7-10/h2-3H,1H3. The number of methoxy groups -OCH3 is 1. The van der Waals surface area contributed by atoms with Crippen LogP contribution in [-0.4, -0.2) is 32.3 Å². The highest BCUT2D eigenvalue weighted by molar-refractivity contribution is 7.15. The van der Waals surface area contributed by atoms with Gasteiger partial charge in [0, 0.05) is 0 Å². The van der Waals surface area contributed by atoms with Crippen LogP contribution in [-0.2, 0) is 0 Å². The second kappa shape index (κ2) is 2.86. The summed E-state index contributed by atoms with van der Waals surface area (Å²) < 4.78 is 4.87. The van der Waals surface area contributed by atoms with Crippen LogP contribution in [0, 0.1) is 0 Å². The van der Waals surface area contributed by atoms with Crippen molar-refractivity contribution in [1.82, 2.24) is 25.2 Å². The van der Waals surface area contributed by atoms with E-state index in [1.165, 1.54) is 16.1 Å². The van der Waals surface area contributed by atoms with Gasteiger partial charge in [0.2, 0.25) is 0 Å². The molecule has 0 aliphatic carbocycles. The zero-order chi connectivity index (χ0) is 8.39. The Balaban J connectivity index is 2.35. The van der Waals surface area contributed by atoms with Crippen LogP contribution in [0.15, 0.2) is 12.4 Å². The van der Waals surface area contributed by atoms with E-state index in [9.17, 15) is 0 Å². The average molecular weight is 183 g/mol. The van der Waals surface area contributed by atoms with Crippen molar-refractivity contribution in [2.45, 2.75) is 0 Å². The molecule has 12 heavy (non-hydrogen) atoms. The molecule has 2 heterocycles. The van der Waals surface area contributed by atoms with Crippen molar-refractivity contribution in [3.05, 3.63) is 12.4 Å². The first-order valence-electron chi connectivity index (χ1n) is 3.14. The molecule has 0 spiro atoms. The van der Waals surface area contributed by atoms with Crippen LogP contribution in [0.4, 0.5) is 0 Å². The maximum absolute atomic E-state index is 4.87. The molecule has 0 amide bonds. The quantitative estimate of drug-likeness (QED) is 0.662. The van der Waals surface area contributed by atoms with Crippen molar-refractivity contribution in [3.8, 4) is 10.3 Å². The van der Waals surface area contributed by atoms with Gasteiger partial charge >= 0.3 is 0 Å². The molecule has 2 aromatic heterocycles. The molecule has 0 atom stereocenters. The average Bonchev–Trinajstić information content (AvgIpc) is 2.75. The molecule has 0 bridgehead atoms. The predicted molar refractivity (Wildman–Crippen MR) is 41.4 cm³/mol. The third-order valence-corrected chi connectivity index (χ3v) is 2.01. The molecule has 0 saturated carbocycles. The number of aromatic nitrogens is 5. The Morgan fingerprint density at radius 1 is 1.33 bits per heavy atom. The molecule has 6 nitrogen and oxygen atoms in total. The summed E-state index contributed by atoms with van der Waals surface area (Å²) in [4.78, 5) is 1.39. The van der Waals surface area contributed by atoms with Gasteiger partial charge in [-0.1, -0.05) is 5.10 Å². The van der Waals surface area contributed by atoms with Crippen molar-refractivity contribution in [2.75, 3.05) is 7.11 Å². The van der Waals surface area contributed by atoms with Gasteiger partial charge in [0.1, 0.15) is 0 Å². The molecular formula is C5H5N5OS. The first-order valence-corrected chi connectivity index (χ1v) is 3.96. The van der Waals surface area contributed by atoms with E-state index in [2.05, 4.69) is 20.4 Å². The molecule has 2 rings (SSSR count). The monoisotopic (exact) mass is 183 g/mol. The SMILES string of the molecule is COc1nnc(-n2nccn2)s1. The molecule has 0 aromatic carbocycles. The Kier molecular flexibility index (Phi) is 1.71. The van der Waals surface area contributed by atoms with E-state index in [4.69, 9.17) is 4.74 Å². The third-order valence-electron chi connectivity index (χ3n) is 1.16. The van der Waals surface area contributed by atoms with Crippen molar-refractivity contribution < 1.29 is 4.74 Å². The van der Waals surface area contributed by atoms with Crippen molar-refractivity contribution >= 4 is 11.3 Å². The lowest BCUT2D eigenvalue weighted by Gasteiger charge is -1.87. The Hall–Kier alpha value is -1.50. The second-order valence-electron chi connectivity index (χ2n) is 1.87. The first-order chi connectivity index (χ1) is 5.90. The van der Waals surface area contributed by atoms with Gasteiger partial charge in [-0.3, -0.25) is 0 Å². The maximum atomic E-state index is 4.87. The molecular weight excluding hydrogens is 178 g/mol. The van der Waals surface area contributed by atoms with Crippen LogP contribution in [0.2, 0.25) is 0 Å². The smallest absolute Gasteiger partial charge is 0.295 e. The van der Waals surface area contributed by atoms with Gasteiger partial charge in [-0.2, -0.15) is 10.2 Å². The summed E-state index contributed by atoms with van der Waals surface area (Å²) in [5, 5.41) is 16.4. The van der Waals surface area contributed by atoms with E-state index >= 15 is 0 Å². The van der Waals surface area contributed by atoms with Gasteiger partial charge in [0.25, 0.3) is 10.3 Å². The van der Waals surface area contributed by atoms with E-state index in [0.29, 0.717) is 10.3 Å². The first kappa shape index (κ1) is 7.17. The van der Waals surface area contributed by atoms with Crippen LogP contribution in [0.25, 0.3) is 5.13 Å². The van der Waals surface area contributed by atoms with Crippen LogP contribution in [0.5, 0.6) is 5.19 Å². The van der Waals surface area contributed by atoms with Crippen LogP contribution < -0.4 is 4.74 Å². The molecule has 2 aromatic rings. The summed E-state index contributed by atoms with van der Waals surface area (Å²) in [5.74, 6) is 0. The minimum atomic E-state index is 0.502. The normalized spacial score (nSPS) is 10.1. The summed E-state index contributed by atoms with van der Waals surface area (Å²) in [6, 6.07) is 0. The molecule has 0 unspecified atom stereocenters. The maximum Gasteiger partial charge on any atom is 0.295 e. The van der Waals surface area contributed by atoms with Crippen LogP contribution in [0.1, 0.15) is 0 Å². The van der Waals surface area contributed by atoms with E-state index < -0.39 is 0 Å². The van der Waals surface area contributed by atoms with Gasteiger partial charge in [0.05, 0.1) is 19.5 Å². The molecule has 0 fully saturated rings. The fraction of sp³-hybridized carbons (Fsp3) is 0.200. The Labute approximate surface area is 71.8 Å². The minimum Gasteiger partial charge on any atom is -0.472 e. The van der Waals surface area contributed by atoms with Gasteiger partial charge in [-0.05, 0) is 11.3 Å². The minimum absolute atomic E-state index is 0.502. The zero-order valence-corrected chi connectivity index (χ0v) is 7.02. The van der Waals surface area contributed by atoms with Gasteiger partial charge in [-0.25, -0.2) is 0 Å². The lowest BCUT2D eigenvalue weighted by molar-refractivity contribution is 0.407. The van der Waals surface area contributed by atoms with Crippen LogP contribution in [0.3, 0.4) is 0 Å². The Morgan fingerprint density at radius 3 is 2.67 bits per heavy atom. The highest BCUT2D eigenvalue weighted by atomic mass is 32.1. The summed E-state index contributed by atoms with van der Waals surface area (Å²) in [7, 11) is 1.54. The Morgan fingerprint density at radius 2 is 2.08 bits per heavy atom. The van der Waals surface area contributed by atoms with E-state index in [0.717, 1.165) is 0 Å². The zero-order valence-electron chi connectivity index (χ0n) is 6.21. The fourth-order valence-corrected chi connectivity index (χ4v) is 1.26. The molecule has 7 heteroatoms. The summed E-state index contributed by atoms with van der Waals surface area (Å²) in [5.41, 5.74) is 0. The van der Waals surface area contributed by atoms with E-state index in [1.54, 1.807) is 19.5 Å². The van der Waals surface area contributed by atoms with Crippen molar-refractivity contribution in [1.29, 1.82) is 0 Å². The molecule has 0 N–H and O–H groups in total.